The van der Waals surface area contributed by atoms with Crippen molar-refractivity contribution in [2.45, 2.75) is 25.8 Å². The molecule has 0 spiro atoms. The van der Waals surface area contributed by atoms with Gasteiger partial charge >= 0.3 is 24.3 Å². The van der Waals surface area contributed by atoms with Crippen LogP contribution in [0.1, 0.15) is 27.0 Å². The van der Waals surface area contributed by atoms with E-state index in [9.17, 15) is 40.7 Å². The molecule has 3 aromatic rings. The fourth-order valence-corrected chi connectivity index (χ4v) is 3.64. The van der Waals surface area contributed by atoms with Crippen LogP contribution < -0.4 is 30.7 Å². The van der Waals surface area contributed by atoms with Crippen LogP contribution in [0.5, 0.6) is 17.2 Å². The molecule has 3 rings (SSSR count). The van der Waals surface area contributed by atoms with Gasteiger partial charge in [0.05, 0.1) is 17.8 Å². The number of anilines is 1. The van der Waals surface area contributed by atoms with Gasteiger partial charge in [-0.05, 0) is 60.5 Å². The number of ether oxygens (including phenoxy) is 2. The van der Waals surface area contributed by atoms with Crippen molar-refractivity contribution in [1.82, 2.24) is 16.0 Å². The molecule has 0 saturated carbocycles. The quantitative estimate of drug-likeness (QED) is 0.177. The third kappa shape index (κ3) is 9.55. The third-order valence-electron chi connectivity index (χ3n) is 5.72. The lowest BCUT2D eigenvalue weighted by Crippen LogP contribution is -2.38. The summed E-state index contributed by atoms with van der Waals surface area (Å²) in [5.74, 6) is -1.87. The molecular formula is C28H26F6N4O5. The van der Waals surface area contributed by atoms with Crippen molar-refractivity contribution in [3.05, 3.63) is 82.9 Å². The average molecular weight is 613 g/mol. The molecular weight excluding hydrogens is 586 g/mol. The number of rotatable bonds is 10. The molecule has 0 aromatic heterocycles. The van der Waals surface area contributed by atoms with Crippen molar-refractivity contribution in [2.24, 2.45) is 0 Å². The van der Waals surface area contributed by atoms with Gasteiger partial charge in [-0.1, -0.05) is 18.2 Å². The largest absolute Gasteiger partial charge is 0.490 e. The Hall–Kier alpha value is -4.95. The molecule has 230 valence electrons. The number of amides is 4. The molecule has 0 aliphatic heterocycles. The highest BCUT2D eigenvalue weighted by Gasteiger charge is 2.38. The van der Waals surface area contributed by atoms with E-state index < -0.39 is 43.0 Å². The lowest BCUT2D eigenvalue weighted by atomic mass is 10.1. The van der Waals surface area contributed by atoms with Gasteiger partial charge in [-0.15, -0.1) is 0 Å². The maximum absolute atomic E-state index is 13.5. The lowest BCUT2D eigenvalue weighted by Gasteiger charge is -2.18. The number of carbonyl (C=O) groups is 3. The first-order valence-corrected chi connectivity index (χ1v) is 12.5. The maximum atomic E-state index is 13.5. The predicted octanol–water partition coefficient (Wildman–Crippen LogP) is 5.54. The first-order valence-electron chi connectivity index (χ1n) is 12.5. The highest BCUT2D eigenvalue weighted by atomic mass is 19.4. The molecule has 43 heavy (non-hydrogen) atoms. The van der Waals surface area contributed by atoms with Gasteiger partial charge in [0, 0.05) is 19.2 Å². The number of alkyl halides is 6. The Kier molecular flexibility index (Phi) is 10.5. The van der Waals surface area contributed by atoms with Crippen LogP contribution in [-0.2, 0) is 17.5 Å². The molecule has 0 aliphatic rings. The number of carbonyl (C=O) groups excluding carboxylic acids is 3. The van der Waals surface area contributed by atoms with Crippen LogP contribution in [0.15, 0.2) is 60.7 Å². The first-order chi connectivity index (χ1) is 20.2. The zero-order valence-corrected chi connectivity index (χ0v) is 22.7. The molecule has 0 bridgehead atoms. The molecule has 0 radical (unpaired) electrons. The minimum Gasteiger partial charge on any atom is -0.490 e. The van der Waals surface area contributed by atoms with Crippen molar-refractivity contribution >= 4 is 23.5 Å². The fraction of sp³-hybridized carbons (Fsp3) is 0.250. The van der Waals surface area contributed by atoms with E-state index in [0.29, 0.717) is 28.7 Å². The second kappa shape index (κ2) is 13.8. The highest BCUT2D eigenvalue weighted by Crippen LogP contribution is 2.38. The summed E-state index contributed by atoms with van der Waals surface area (Å²) in [7, 11) is 1.50. The minimum absolute atomic E-state index is 0.0318. The zero-order chi connectivity index (χ0) is 31.8. The molecule has 4 amide bonds. The highest BCUT2D eigenvalue weighted by molar-refractivity contribution is 5.94. The van der Waals surface area contributed by atoms with Crippen molar-refractivity contribution in [3.63, 3.8) is 0 Å². The number of hydrogen-bond donors (Lipinski definition) is 4. The Balaban J connectivity index is 1.63. The van der Waals surface area contributed by atoms with Crippen LogP contribution in [0.25, 0.3) is 0 Å². The van der Waals surface area contributed by atoms with E-state index in [1.807, 2.05) is 0 Å². The molecule has 9 nitrogen and oxygen atoms in total. The van der Waals surface area contributed by atoms with Gasteiger partial charge in [-0.25, -0.2) is 4.79 Å². The monoisotopic (exact) mass is 612 g/mol. The van der Waals surface area contributed by atoms with Crippen molar-refractivity contribution < 1.29 is 50.2 Å². The molecule has 0 heterocycles. The number of nitrogens with one attached hydrogen (secondary N) is 4. The first kappa shape index (κ1) is 32.6. The number of urea groups is 1. The van der Waals surface area contributed by atoms with Gasteiger partial charge < -0.3 is 30.7 Å². The van der Waals surface area contributed by atoms with E-state index in [0.717, 1.165) is 13.0 Å². The van der Waals surface area contributed by atoms with Crippen LogP contribution in [0.3, 0.4) is 0 Å². The molecule has 3 aromatic carbocycles. The Morgan fingerprint density at radius 1 is 0.860 bits per heavy atom. The van der Waals surface area contributed by atoms with Gasteiger partial charge in [0.1, 0.15) is 23.9 Å². The summed E-state index contributed by atoms with van der Waals surface area (Å²) in [5.41, 5.74) is -0.685. The molecule has 15 heteroatoms. The molecule has 0 aliphatic carbocycles. The Morgan fingerprint density at radius 3 is 2.19 bits per heavy atom. The fourth-order valence-electron chi connectivity index (χ4n) is 3.64. The maximum Gasteiger partial charge on any atom is 0.471 e. The second-order valence-electron chi connectivity index (χ2n) is 8.92. The van der Waals surface area contributed by atoms with E-state index in [1.165, 1.54) is 7.05 Å². The topological polar surface area (TPSA) is 118 Å². The van der Waals surface area contributed by atoms with E-state index in [1.54, 1.807) is 53.8 Å². The van der Waals surface area contributed by atoms with Crippen molar-refractivity contribution in [3.8, 4) is 17.2 Å². The van der Waals surface area contributed by atoms with Crippen molar-refractivity contribution in [1.29, 1.82) is 0 Å². The SMILES string of the molecule is CNC(=O)c1cccc(Oc2ccc(CNC(=O)Nc3cc(C(F)(F)F)c(C)cc3OCCNC(=O)C(F)(F)F)cc2)c1. The summed E-state index contributed by atoms with van der Waals surface area (Å²) in [5, 5.41) is 8.83. The molecule has 0 fully saturated rings. The number of aryl methyl sites for hydroxylation is 1. The smallest absolute Gasteiger partial charge is 0.471 e. The molecule has 0 saturated heterocycles. The lowest BCUT2D eigenvalue weighted by molar-refractivity contribution is -0.173. The summed E-state index contributed by atoms with van der Waals surface area (Å²) in [6.07, 6.45) is -9.87. The van der Waals surface area contributed by atoms with Crippen molar-refractivity contribution in [2.75, 3.05) is 25.5 Å². The van der Waals surface area contributed by atoms with Gasteiger partial charge in [0.25, 0.3) is 5.91 Å². The van der Waals surface area contributed by atoms with Crippen LogP contribution in [0, 0.1) is 6.92 Å². The standard InChI is InChI=1S/C28H26F6N4O5/c1-16-12-23(42-11-10-36-25(40)28(32,33)34)22(14-21(16)27(29,30)31)38-26(41)37-15-17-6-8-19(9-7-17)43-20-5-3-4-18(13-20)24(39)35-2/h3-9,12-14H,10-11,15H2,1-2H3,(H,35,39)(H,36,40)(H2,37,38,41). The summed E-state index contributed by atoms with van der Waals surface area (Å²) in [6.45, 7) is 0.00357. The summed E-state index contributed by atoms with van der Waals surface area (Å²) in [4.78, 5) is 35.3. The number of halogens is 6. The summed E-state index contributed by atoms with van der Waals surface area (Å²) < 4.78 is 88.4. The zero-order valence-electron chi connectivity index (χ0n) is 22.7. The molecule has 4 N–H and O–H groups in total. The second-order valence-corrected chi connectivity index (χ2v) is 8.92. The van der Waals surface area contributed by atoms with E-state index in [4.69, 9.17) is 9.47 Å². The van der Waals surface area contributed by atoms with Crippen LogP contribution in [0.4, 0.5) is 36.8 Å². The summed E-state index contributed by atoms with van der Waals surface area (Å²) in [6, 6.07) is 13.7. The molecule has 0 unspecified atom stereocenters. The molecule has 0 atom stereocenters. The van der Waals surface area contributed by atoms with E-state index in [2.05, 4.69) is 16.0 Å². The predicted molar refractivity (Wildman–Crippen MR) is 143 cm³/mol. The Bertz CT molecular complexity index is 1460. The average Bonchev–Trinajstić information content (AvgIpc) is 2.94. The van der Waals surface area contributed by atoms with E-state index >= 15 is 0 Å². The van der Waals surface area contributed by atoms with Crippen LogP contribution in [0.2, 0.25) is 0 Å². The Labute approximate surface area is 241 Å². The Morgan fingerprint density at radius 2 is 1.56 bits per heavy atom. The van der Waals surface area contributed by atoms with Gasteiger partial charge in [-0.3, -0.25) is 9.59 Å². The van der Waals surface area contributed by atoms with E-state index in [-0.39, 0.29) is 29.5 Å². The van der Waals surface area contributed by atoms with Gasteiger partial charge in [0.2, 0.25) is 0 Å². The van der Waals surface area contributed by atoms with Gasteiger partial charge in [0.15, 0.2) is 0 Å². The van der Waals surface area contributed by atoms with Gasteiger partial charge in [-0.2, -0.15) is 26.3 Å². The normalized spacial score (nSPS) is 11.3. The van der Waals surface area contributed by atoms with Crippen LogP contribution in [-0.4, -0.2) is 44.2 Å². The van der Waals surface area contributed by atoms with Crippen LogP contribution >= 0.6 is 0 Å². The number of benzene rings is 3. The number of hydrogen-bond acceptors (Lipinski definition) is 5. The minimum atomic E-state index is -5.11. The summed E-state index contributed by atoms with van der Waals surface area (Å²) >= 11 is 0. The third-order valence-corrected chi connectivity index (χ3v) is 5.72.